The minimum atomic E-state index is -2.66. The highest BCUT2D eigenvalue weighted by molar-refractivity contribution is 7.98. The average molecular weight is 686 g/mol. The van der Waals surface area contributed by atoms with Crippen LogP contribution in [0, 0.1) is 0 Å². The molecule has 238 valence electrons. The first-order valence-electron chi connectivity index (χ1n) is 14.1. The average Bonchev–Trinajstić information content (AvgIpc) is 3.05. The number of benzene rings is 2. The molecule has 1 amide bonds. The number of carboxylic acid groups (broad SMARTS) is 1. The van der Waals surface area contributed by atoms with E-state index in [1.54, 1.807) is 73.3 Å². The fraction of sp³-hybridized carbons (Fsp3) is 0.250. The number of pyridine rings is 2. The SMILES string of the molecule is CSc1ncc(C(CNC(=O)c2c(Cl)ccc3ncccc23)N2CCC(F)(F)CC2)cn1.O=C(O)c1c(Cl)ccc2ncccc12. The van der Waals surface area contributed by atoms with E-state index in [-0.39, 0.29) is 55.0 Å². The van der Waals surface area contributed by atoms with Crippen molar-refractivity contribution in [1.29, 1.82) is 0 Å². The normalized spacial score (nSPS) is 15.2. The first-order valence-corrected chi connectivity index (χ1v) is 16.1. The van der Waals surface area contributed by atoms with Crippen LogP contribution in [0.4, 0.5) is 8.78 Å². The Labute approximate surface area is 277 Å². The van der Waals surface area contributed by atoms with Gasteiger partial charge < -0.3 is 10.4 Å². The lowest BCUT2D eigenvalue weighted by Crippen LogP contribution is -2.45. The molecule has 0 bridgehead atoms. The van der Waals surface area contributed by atoms with E-state index in [0.29, 0.717) is 37.5 Å². The maximum absolute atomic E-state index is 13.7. The van der Waals surface area contributed by atoms with E-state index >= 15 is 0 Å². The van der Waals surface area contributed by atoms with E-state index in [4.69, 9.17) is 28.3 Å². The molecule has 9 nitrogen and oxygen atoms in total. The molecule has 2 aromatic carbocycles. The number of hydrogen-bond acceptors (Lipinski definition) is 8. The number of carbonyl (C=O) groups is 2. The van der Waals surface area contributed by atoms with Gasteiger partial charge >= 0.3 is 5.97 Å². The van der Waals surface area contributed by atoms with Gasteiger partial charge in [0.1, 0.15) is 0 Å². The summed E-state index contributed by atoms with van der Waals surface area (Å²) in [6.07, 6.45) is 8.08. The molecule has 0 radical (unpaired) electrons. The van der Waals surface area contributed by atoms with E-state index in [1.807, 2.05) is 11.2 Å². The van der Waals surface area contributed by atoms with Crippen molar-refractivity contribution >= 4 is 68.6 Å². The van der Waals surface area contributed by atoms with Crippen LogP contribution in [-0.2, 0) is 0 Å². The number of thioether (sulfide) groups is 1. The zero-order chi connectivity index (χ0) is 32.8. The van der Waals surface area contributed by atoms with Crippen LogP contribution in [0.1, 0.15) is 45.2 Å². The molecule has 1 saturated heterocycles. The molecule has 0 saturated carbocycles. The first-order chi connectivity index (χ1) is 22.1. The Balaban J connectivity index is 0.000000247. The minimum absolute atomic E-state index is 0.109. The second kappa shape index (κ2) is 14.6. The molecule has 1 aliphatic rings. The van der Waals surface area contributed by atoms with Crippen molar-refractivity contribution in [2.75, 3.05) is 25.9 Å². The maximum Gasteiger partial charge on any atom is 0.337 e. The Bertz CT molecular complexity index is 1870. The number of piperidine rings is 1. The number of amides is 1. The van der Waals surface area contributed by atoms with E-state index in [9.17, 15) is 18.4 Å². The van der Waals surface area contributed by atoms with Crippen LogP contribution in [0.25, 0.3) is 21.8 Å². The summed E-state index contributed by atoms with van der Waals surface area (Å²) in [7, 11) is 0. The third-order valence-corrected chi connectivity index (χ3v) is 8.76. The second-order valence-corrected chi connectivity index (χ2v) is 12.0. The van der Waals surface area contributed by atoms with Crippen molar-refractivity contribution in [1.82, 2.24) is 30.2 Å². The fourth-order valence-electron chi connectivity index (χ4n) is 5.20. The molecule has 5 aromatic rings. The largest absolute Gasteiger partial charge is 0.478 e. The smallest absolute Gasteiger partial charge is 0.337 e. The fourth-order valence-corrected chi connectivity index (χ4v) is 6.01. The van der Waals surface area contributed by atoms with Gasteiger partial charge in [0.25, 0.3) is 11.8 Å². The third-order valence-electron chi connectivity index (χ3n) is 7.55. The quantitative estimate of drug-likeness (QED) is 0.136. The van der Waals surface area contributed by atoms with Gasteiger partial charge in [-0.3, -0.25) is 19.7 Å². The Kier molecular flexibility index (Phi) is 10.6. The van der Waals surface area contributed by atoms with E-state index in [2.05, 4.69) is 25.3 Å². The van der Waals surface area contributed by atoms with Crippen molar-refractivity contribution in [2.24, 2.45) is 0 Å². The van der Waals surface area contributed by atoms with Crippen LogP contribution in [0.2, 0.25) is 10.0 Å². The molecule has 14 heteroatoms. The molecule has 1 atom stereocenters. The van der Waals surface area contributed by atoms with E-state index in [0.717, 1.165) is 5.56 Å². The summed E-state index contributed by atoms with van der Waals surface area (Å²) in [5, 5.41) is 14.3. The van der Waals surface area contributed by atoms with Crippen molar-refractivity contribution in [2.45, 2.75) is 30.0 Å². The predicted molar refractivity (Wildman–Crippen MR) is 175 cm³/mol. The second-order valence-electron chi connectivity index (χ2n) is 10.4. The van der Waals surface area contributed by atoms with Gasteiger partial charge in [0, 0.05) is 73.6 Å². The summed E-state index contributed by atoms with van der Waals surface area (Å²) in [5.74, 6) is -4.04. The predicted octanol–water partition coefficient (Wildman–Crippen LogP) is 7.19. The maximum atomic E-state index is 13.7. The van der Waals surface area contributed by atoms with E-state index < -0.39 is 11.9 Å². The first kappa shape index (κ1) is 33.4. The number of halogens is 4. The van der Waals surface area contributed by atoms with Crippen LogP contribution >= 0.6 is 35.0 Å². The summed E-state index contributed by atoms with van der Waals surface area (Å²) in [5.41, 5.74) is 2.51. The molecule has 0 spiro atoms. The topological polar surface area (TPSA) is 121 Å². The lowest BCUT2D eigenvalue weighted by atomic mass is 10.0. The molecular weight excluding hydrogens is 657 g/mol. The molecule has 3 aromatic heterocycles. The summed E-state index contributed by atoms with van der Waals surface area (Å²) in [6, 6.07) is 13.2. The number of alkyl halides is 2. The van der Waals surface area contributed by atoms with Gasteiger partial charge in [0.05, 0.1) is 38.2 Å². The lowest BCUT2D eigenvalue weighted by molar-refractivity contribution is -0.0632. The third kappa shape index (κ3) is 7.69. The van der Waals surface area contributed by atoms with Crippen molar-refractivity contribution in [3.63, 3.8) is 0 Å². The molecular formula is C32H28Cl2F2N6O3S. The van der Waals surface area contributed by atoms with Crippen LogP contribution in [0.15, 0.2) is 78.5 Å². The minimum Gasteiger partial charge on any atom is -0.478 e. The Morgan fingerprint density at radius 2 is 1.46 bits per heavy atom. The van der Waals surface area contributed by atoms with Gasteiger partial charge in [-0.25, -0.2) is 23.5 Å². The Hall–Kier alpha value is -3.97. The molecule has 2 N–H and O–H groups in total. The summed E-state index contributed by atoms with van der Waals surface area (Å²) < 4.78 is 27.5. The zero-order valence-electron chi connectivity index (χ0n) is 24.5. The summed E-state index contributed by atoms with van der Waals surface area (Å²) >= 11 is 13.5. The molecule has 1 aliphatic heterocycles. The number of fused-ring (bicyclic) bond motifs is 2. The number of rotatable bonds is 7. The number of aromatic carboxylic acids is 1. The Morgan fingerprint density at radius 1 is 0.913 bits per heavy atom. The molecule has 46 heavy (non-hydrogen) atoms. The van der Waals surface area contributed by atoms with Gasteiger partial charge in [0.2, 0.25) is 0 Å². The number of aromatic nitrogens is 4. The molecule has 1 unspecified atom stereocenters. The number of carbonyl (C=O) groups excluding carboxylic acids is 1. The number of hydrogen-bond donors (Lipinski definition) is 2. The highest BCUT2D eigenvalue weighted by atomic mass is 35.5. The Morgan fingerprint density at radius 3 is 2.00 bits per heavy atom. The van der Waals surface area contributed by atoms with Crippen LogP contribution in [0.5, 0.6) is 0 Å². The molecule has 0 aliphatic carbocycles. The number of nitrogens with zero attached hydrogens (tertiary/aromatic N) is 5. The highest BCUT2D eigenvalue weighted by Crippen LogP contribution is 2.33. The van der Waals surface area contributed by atoms with Crippen LogP contribution < -0.4 is 5.32 Å². The van der Waals surface area contributed by atoms with Gasteiger partial charge in [-0.1, -0.05) is 47.1 Å². The van der Waals surface area contributed by atoms with Gasteiger partial charge in [0.15, 0.2) is 5.16 Å². The van der Waals surface area contributed by atoms with Crippen LogP contribution in [-0.4, -0.2) is 73.6 Å². The van der Waals surface area contributed by atoms with Crippen molar-refractivity contribution in [3.8, 4) is 0 Å². The summed E-state index contributed by atoms with van der Waals surface area (Å²) in [4.78, 5) is 42.9. The monoisotopic (exact) mass is 684 g/mol. The zero-order valence-corrected chi connectivity index (χ0v) is 26.8. The molecule has 4 heterocycles. The van der Waals surface area contributed by atoms with E-state index in [1.165, 1.54) is 11.8 Å². The van der Waals surface area contributed by atoms with Gasteiger partial charge in [-0.05, 0) is 42.7 Å². The van der Waals surface area contributed by atoms with Crippen molar-refractivity contribution in [3.05, 3.63) is 100 Å². The van der Waals surface area contributed by atoms with Crippen molar-refractivity contribution < 1.29 is 23.5 Å². The van der Waals surface area contributed by atoms with Gasteiger partial charge in [-0.2, -0.15) is 0 Å². The van der Waals surface area contributed by atoms with Crippen LogP contribution in [0.3, 0.4) is 0 Å². The highest BCUT2D eigenvalue weighted by Gasteiger charge is 2.37. The number of nitrogens with one attached hydrogen (secondary N) is 1. The van der Waals surface area contributed by atoms with Gasteiger partial charge in [-0.15, -0.1) is 0 Å². The standard InChI is InChI=1S/C22H22ClF2N5OS.C10H6ClNO2/c1-32-21-28-11-14(12-29-21)18(30-9-6-22(24,25)7-10-30)13-27-20(31)19-15-3-2-8-26-17(15)5-4-16(19)23;11-7-3-4-8-6(2-1-5-12-8)9(7)10(13)14/h2-5,8,11-12,18H,6-7,9-10,13H2,1H3,(H,27,31);1-5H,(H,13,14). The lowest BCUT2D eigenvalue weighted by Gasteiger charge is -2.37. The molecule has 6 rings (SSSR count). The number of carboxylic acids is 1. The molecule has 1 fully saturated rings. The summed E-state index contributed by atoms with van der Waals surface area (Å²) in [6.45, 7) is 0.646. The number of likely N-dealkylation sites (tertiary alicyclic amines) is 1.